The molecule has 1 fully saturated rings. The third-order valence-electron chi connectivity index (χ3n) is 3.69. The monoisotopic (exact) mass is 234 g/mol. The minimum atomic E-state index is -0.192. The molecule has 2 rings (SSSR count). The molecule has 3 atom stereocenters. The first-order valence-electron chi connectivity index (χ1n) is 6.78. The minimum Gasteiger partial charge on any atom is -0.367 e. The van der Waals surface area contributed by atoms with Crippen molar-refractivity contribution in [2.45, 2.75) is 57.7 Å². The number of carbonyl (C=O) groups excluding carboxylic acids is 1. The summed E-state index contributed by atoms with van der Waals surface area (Å²) in [6.07, 6.45) is 15.1. The molecule has 0 saturated carbocycles. The average molecular weight is 234 g/mol. The van der Waals surface area contributed by atoms with Crippen LogP contribution in [0.25, 0.3) is 0 Å². The van der Waals surface area contributed by atoms with E-state index in [0.717, 1.165) is 38.5 Å². The number of Topliss-reactive ketones (excluding diaryl/α,β-unsaturated/α-hetero) is 1. The molecule has 0 aromatic heterocycles. The van der Waals surface area contributed by atoms with Crippen LogP contribution in [0.4, 0.5) is 0 Å². The largest absolute Gasteiger partial charge is 0.367 e. The smallest absolute Gasteiger partial charge is 0.166 e. The Kier molecular flexibility index (Phi) is 4.55. The number of ether oxygens (including phenoxy) is 1. The van der Waals surface area contributed by atoms with Gasteiger partial charge in [-0.15, -0.1) is 0 Å². The van der Waals surface area contributed by atoms with Crippen molar-refractivity contribution in [3.63, 3.8) is 0 Å². The SMILES string of the molecule is CC1OC2CCC=CCCC=CCCC2C1=O. The first kappa shape index (κ1) is 12.6. The van der Waals surface area contributed by atoms with E-state index in [1.807, 2.05) is 6.92 Å². The molecular weight excluding hydrogens is 212 g/mol. The molecule has 2 aliphatic rings. The molecule has 0 aromatic carbocycles. The first-order chi connectivity index (χ1) is 8.29. The number of carbonyl (C=O) groups is 1. The molecule has 1 heterocycles. The van der Waals surface area contributed by atoms with Gasteiger partial charge in [-0.25, -0.2) is 0 Å². The Morgan fingerprint density at radius 2 is 1.59 bits per heavy atom. The molecule has 0 bridgehead atoms. The fourth-order valence-corrected chi connectivity index (χ4v) is 2.71. The normalized spacial score (nSPS) is 35.1. The molecule has 1 aliphatic heterocycles. The summed E-state index contributed by atoms with van der Waals surface area (Å²) in [6, 6.07) is 0. The molecule has 3 unspecified atom stereocenters. The Morgan fingerprint density at radius 3 is 2.29 bits per heavy atom. The van der Waals surface area contributed by atoms with Crippen LogP contribution in [0.5, 0.6) is 0 Å². The van der Waals surface area contributed by atoms with Gasteiger partial charge < -0.3 is 4.74 Å². The quantitative estimate of drug-likeness (QED) is 0.600. The van der Waals surface area contributed by atoms with Crippen molar-refractivity contribution >= 4 is 5.78 Å². The van der Waals surface area contributed by atoms with E-state index in [9.17, 15) is 4.79 Å². The van der Waals surface area contributed by atoms with Crippen LogP contribution in [-0.2, 0) is 9.53 Å². The van der Waals surface area contributed by atoms with Gasteiger partial charge in [-0.1, -0.05) is 24.3 Å². The van der Waals surface area contributed by atoms with E-state index in [-0.39, 0.29) is 18.1 Å². The minimum absolute atomic E-state index is 0.127. The van der Waals surface area contributed by atoms with Crippen molar-refractivity contribution in [3.05, 3.63) is 24.3 Å². The standard InChI is InChI=1S/C15H22O2/c1-12-15(16)13-10-8-6-4-2-3-5-7-9-11-14(13)17-12/h4-7,12-14H,2-3,8-11H2,1H3. The summed E-state index contributed by atoms with van der Waals surface area (Å²) in [7, 11) is 0. The number of allylic oxidation sites excluding steroid dienone is 4. The average Bonchev–Trinajstić information content (AvgIpc) is 2.56. The number of ketones is 1. The van der Waals surface area contributed by atoms with Crippen LogP contribution in [0.2, 0.25) is 0 Å². The van der Waals surface area contributed by atoms with E-state index in [1.54, 1.807) is 0 Å². The highest BCUT2D eigenvalue weighted by molar-refractivity contribution is 5.87. The predicted octanol–water partition coefficient (Wildman–Crippen LogP) is 3.43. The lowest BCUT2D eigenvalue weighted by atomic mass is 9.90. The van der Waals surface area contributed by atoms with Crippen LogP contribution in [-0.4, -0.2) is 18.0 Å². The second-order valence-corrected chi connectivity index (χ2v) is 5.00. The van der Waals surface area contributed by atoms with Crippen LogP contribution in [0.1, 0.15) is 45.4 Å². The summed E-state index contributed by atoms with van der Waals surface area (Å²) in [5.41, 5.74) is 0. The lowest BCUT2D eigenvalue weighted by Gasteiger charge is -2.15. The number of fused-ring (bicyclic) bond motifs is 1. The summed E-state index contributed by atoms with van der Waals surface area (Å²) in [4.78, 5) is 12.0. The van der Waals surface area contributed by atoms with Crippen molar-refractivity contribution in [2.24, 2.45) is 5.92 Å². The van der Waals surface area contributed by atoms with Gasteiger partial charge in [-0.05, 0) is 45.4 Å². The van der Waals surface area contributed by atoms with Crippen LogP contribution in [0, 0.1) is 5.92 Å². The van der Waals surface area contributed by atoms with Gasteiger partial charge in [0, 0.05) is 5.92 Å². The molecule has 2 nitrogen and oxygen atoms in total. The molecule has 0 radical (unpaired) electrons. The predicted molar refractivity (Wildman–Crippen MR) is 68.8 cm³/mol. The third kappa shape index (κ3) is 3.29. The van der Waals surface area contributed by atoms with Gasteiger partial charge in [0.2, 0.25) is 0 Å². The van der Waals surface area contributed by atoms with Crippen LogP contribution < -0.4 is 0 Å². The fraction of sp³-hybridized carbons (Fsp3) is 0.667. The van der Waals surface area contributed by atoms with Crippen molar-refractivity contribution in [2.75, 3.05) is 0 Å². The zero-order valence-corrected chi connectivity index (χ0v) is 10.6. The maximum absolute atomic E-state index is 12.0. The maximum atomic E-state index is 12.0. The van der Waals surface area contributed by atoms with Gasteiger partial charge in [-0.3, -0.25) is 4.79 Å². The number of hydrogen-bond acceptors (Lipinski definition) is 2. The first-order valence-corrected chi connectivity index (χ1v) is 6.78. The summed E-state index contributed by atoms with van der Waals surface area (Å²) < 4.78 is 5.77. The van der Waals surface area contributed by atoms with Gasteiger partial charge in [0.15, 0.2) is 5.78 Å². The van der Waals surface area contributed by atoms with Gasteiger partial charge >= 0.3 is 0 Å². The Balaban J connectivity index is 2.01. The Bertz CT molecular complexity index is 317. The zero-order valence-electron chi connectivity index (χ0n) is 10.6. The molecule has 1 saturated heterocycles. The molecule has 0 amide bonds. The van der Waals surface area contributed by atoms with E-state index in [0.29, 0.717) is 5.78 Å². The van der Waals surface area contributed by atoms with E-state index in [4.69, 9.17) is 4.74 Å². The summed E-state index contributed by atoms with van der Waals surface area (Å²) >= 11 is 0. The van der Waals surface area contributed by atoms with Crippen LogP contribution in [0.3, 0.4) is 0 Å². The second kappa shape index (κ2) is 6.15. The third-order valence-corrected chi connectivity index (χ3v) is 3.69. The zero-order chi connectivity index (χ0) is 12.1. The van der Waals surface area contributed by atoms with Crippen LogP contribution >= 0.6 is 0 Å². The highest BCUT2D eigenvalue weighted by atomic mass is 16.5. The molecule has 0 N–H and O–H groups in total. The summed E-state index contributed by atoms with van der Waals surface area (Å²) in [6.45, 7) is 1.89. The number of rotatable bonds is 0. The lowest BCUT2D eigenvalue weighted by Crippen LogP contribution is -2.21. The highest BCUT2D eigenvalue weighted by Gasteiger charge is 2.39. The van der Waals surface area contributed by atoms with Crippen molar-refractivity contribution in [1.82, 2.24) is 0 Å². The lowest BCUT2D eigenvalue weighted by molar-refractivity contribution is -0.123. The second-order valence-electron chi connectivity index (χ2n) is 5.00. The maximum Gasteiger partial charge on any atom is 0.166 e. The van der Waals surface area contributed by atoms with Gasteiger partial charge in [0.1, 0.15) is 6.10 Å². The highest BCUT2D eigenvalue weighted by Crippen LogP contribution is 2.30. The van der Waals surface area contributed by atoms with Crippen molar-refractivity contribution < 1.29 is 9.53 Å². The van der Waals surface area contributed by atoms with E-state index in [2.05, 4.69) is 24.3 Å². The Hall–Kier alpha value is -0.890. The van der Waals surface area contributed by atoms with E-state index >= 15 is 0 Å². The molecule has 2 heteroatoms. The van der Waals surface area contributed by atoms with E-state index < -0.39 is 0 Å². The Morgan fingerprint density at radius 1 is 1.00 bits per heavy atom. The Labute approximate surface area is 104 Å². The van der Waals surface area contributed by atoms with E-state index in [1.165, 1.54) is 0 Å². The topological polar surface area (TPSA) is 26.3 Å². The number of hydrogen-bond donors (Lipinski definition) is 0. The van der Waals surface area contributed by atoms with Gasteiger partial charge in [0.25, 0.3) is 0 Å². The van der Waals surface area contributed by atoms with Gasteiger partial charge in [-0.2, -0.15) is 0 Å². The van der Waals surface area contributed by atoms with Gasteiger partial charge in [0.05, 0.1) is 6.10 Å². The molecule has 0 aromatic rings. The molecule has 0 spiro atoms. The van der Waals surface area contributed by atoms with Crippen LogP contribution in [0.15, 0.2) is 24.3 Å². The summed E-state index contributed by atoms with van der Waals surface area (Å²) in [5, 5.41) is 0. The molecule has 1 aliphatic carbocycles. The summed E-state index contributed by atoms with van der Waals surface area (Å²) in [5.74, 6) is 0.437. The molecule has 17 heavy (non-hydrogen) atoms. The van der Waals surface area contributed by atoms with Crippen molar-refractivity contribution in [3.8, 4) is 0 Å². The van der Waals surface area contributed by atoms with Crippen molar-refractivity contribution in [1.29, 1.82) is 0 Å². The fourth-order valence-electron chi connectivity index (χ4n) is 2.71. The molecule has 94 valence electrons. The molecular formula is C15H22O2.